The number of pyridine rings is 1. The Balaban J connectivity index is 2.52. The largest absolute Gasteiger partial charge is 0.373 e. The van der Waals surface area contributed by atoms with E-state index in [2.05, 4.69) is 20.3 Å². The van der Waals surface area contributed by atoms with E-state index in [1.54, 1.807) is 12.3 Å². The molecule has 0 atom stereocenters. The summed E-state index contributed by atoms with van der Waals surface area (Å²) < 4.78 is 0. The Morgan fingerprint density at radius 3 is 2.53 bits per heavy atom. The van der Waals surface area contributed by atoms with Gasteiger partial charge >= 0.3 is 0 Å². The van der Waals surface area contributed by atoms with Gasteiger partial charge in [-0.2, -0.15) is 0 Å². The van der Waals surface area contributed by atoms with Gasteiger partial charge in [0.25, 0.3) is 0 Å². The average Bonchev–Trinajstić information content (AvgIpc) is 2.33. The van der Waals surface area contributed by atoms with Crippen LogP contribution in [0.15, 0.2) is 18.3 Å². The van der Waals surface area contributed by atoms with Gasteiger partial charge in [0.05, 0.1) is 5.02 Å². The Kier molecular flexibility index (Phi) is 3.24. The molecule has 2 heterocycles. The lowest BCUT2D eigenvalue weighted by atomic mass is 10.2. The first-order valence-electron chi connectivity index (χ1n) is 5.26. The molecule has 0 unspecified atom stereocenters. The summed E-state index contributed by atoms with van der Waals surface area (Å²) in [4.78, 5) is 13.1. The van der Waals surface area contributed by atoms with Gasteiger partial charge in [-0.05, 0) is 26.0 Å². The Morgan fingerprint density at radius 1 is 1.18 bits per heavy atom. The van der Waals surface area contributed by atoms with Crippen LogP contribution in [0.25, 0.3) is 11.5 Å². The van der Waals surface area contributed by atoms with Gasteiger partial charge in [0, 0.05) is 24.5 Å². The van der Waals surface area contributed by atoms with Crippen LogP contribution in [-0.2, 0) is 0 Å². The minimum atomic E-state index is 0.603. The van der Waals surface area contributed by atoms with Crippen LogP contribution in [0.4, 0.5) is 5.82 Å². The normalized spacial score (nSPS) is 10.4. The van der Waals surface area contributed by atoms with E-state index in [9.17, 15) is 0 Å². The van der Waals surface area contributed by atoms with E-state index >= 15 is 0 Å². The molecule has 0 amide bonds. The molecular weight excluding hydrogens is 236 g/mol. The lowest BCUT2D eigenvalue weighted by Gasteiger charge is -2.09. The fraction of sp³-hybridized carbons (Fsp3) is 0.250. The van der Waals surface area contributed by atoms with Crippen LogP contribution in [-0.4, -0.2) is 22.0 Å². The number of rotatable bonds is 2. The highest BCUT2D eigenvalue weighted by Gasteiger charge is 2.09. The molecular formula is C12H13ClN4. The molecule has 2 aromatic heterocycles. The van der Waals surface area contributed by atoms with Gasteiger partial charge in [0.2, 0.25) is 0 Å². The number of halogens is 1. The quantitative estimate of drug-likeness (QED) is 0.888. The molecule has 0 saturated carbocycles. The Morgan fingerprint density at radius 2 is 1.94 bits per heavy atom. The summed E-state index contributed by atoms with van der Waals surface area (Å²) in [5, 5.41) is 3.66. The third-order valence-electron chi connectivity index (χ3n) is 2.58. The van der Waals surface area contributed by atoms with Crippen molar-refractivity contribution in [3.8, 4) is 11.5 Å². The highest BCUT2D eigenvalue weighted by Crippen LogP contribution is 2.20. The third kappa shape index (κ3) is 2.36. The van der Waals surface area contributed by atoms with E-state index in [1.165, 1.54) is 0 Å². The molecule has 0 bridgehead atoms. The van der Waals surface area contributed by atoms with Gasteiger partial charge in [-0.15, -0.1) is 0 Å². The first kappa shape index (κ1) is 11.8. The topological polar surface area (TPSA) is 50.7 Å². The first-order chi connectivity index (χ1) is 8.11. The lowest BCUT2D eigenvalue weighted by Crippen LogP contribution is -2.03. The fourth-order valence-corrected chi connectivity index (χ4v) is 1.61. The summed E-state index contributed by atoms with van der Waals surface area (Å²) >= 11 is 5.80. The van der Waals surface area contributed by atoms with Crippen molar-refractivity contribution in [1.82, 2.24) is 15.0 Å². The maximum absolute atomic E-state index is 5.80. The highest BCUT2D eigenvalue weighted by atomic mass is 35.5. The average molecular weight is 249 g/mol. The molecule has 4 nitrogen and oxygen atoms in total. The first-order valence-corrected chi connectivity index (χ1v) is 5.64. The van der Waals surface area contributed by atoms with Crippen molar-refractivity contribution in [2.24, 2.45) is 0 Å². The monoisotopic (exact) mass is 248 g/mol. The van der Waals surface area contributed by atoms with Gasteiger partial charge in [0.1, 0.15) is 11.5 Å². The lowest BCUT2D eigenvalue weighted by molar-refractivity contribution is 1.05. The van der Waals surface area contributed by atoms with Gasteiger partial charge in [-0.25, -0.2) is 9.97 Å². The highest BCUT2D eigenvalue weighted by molar-refractivity contribution is 6.30. The summed E-state index contributed by atoms with van der Waals surface area (Å²) in [5.74, 6) is 1.43. The maximum Gasteiger partial charge on any atom is 0.180 e. The van der Waals surface area contributed by atoms with Crippen molar-refractivity contribution < 1.29 is 0 Å². The molecule has 0 fully saturated rings. The summed E-state index contributed by atoms with van der Waals surface area (Å²) in [7, 11) is 1.84. The van der Waals surface area contributed by atoms with E-state index in [0.717, 1.165) is 17.1 Å². The van der Waals surface area contributed by atoms with Crippen molar-refractivity contribution in [3.05, 3.63) is 34.6 Å². The number of aryl methyl sites for hydroxylation is 1. The Hall–Kier alpha value is -1.68. The van der Waals surface area contributed by atoms with E-state index in [-0.39, 0.29) is 0 Å². The molecule has 2 rings (SSSR count). The SMILES string of the molecule is CNc1nc(-c2ccc(Cl)cn2)nc(C)c1C. The van der Waals surface area contributed by atoms with Gasteiger partial charge in [0.15, 0.2) is 5.82 Å². The molecule has 0 spiro atoms. The zero-order valence-corrected chi connectivity index (χ0v) is 10.7. The third-order valence-corrected chi connectivity index (χ3v) is 2.81. The zero-order chi connectivity index (χ0) is 12.4. The van der Waals surface area contributed by atoms with Gasteiger partial charge < -0.3 is 5.32 Å². The van der Waals surface area contributed by atoms with Crippen molar-refractivity contribution in [2.75, 3.05) is 12.4 Å². The summed E-state index contributed by atoms with van der Waals surface area (Å²) in [5.41, 5.74) is 2.70. The Bertz CT molecular complexity index is 537. The van der Waals surface area contributed by atoms with Crippen LogP contribution < -0.4 is 5.32 Å². The molecule has 2 aromatic rings. The van der Waals surface area contributed by atoms with E-state index in [0.29, 0.717) is 16.5 Å². The second-order valence-electron chi connectivity index (χ2n) is 3.72. The van der Waals surface area contributed by atoms with Gasteiger partial charge in [-0.1, -0.05) is 11.6 Å². The fourth-order valence-electron chi connectivity index (χ4n) is 1.49. The van der Waals surface area contributed by atoms with Crippen LogP contribution in [0.5, 0.6) is 0 Å². The zero-order valence-electron chi connectivity index (χ0n) is 9.95. The molecule has 0 aliphatic rings. The van der Waals surface area contributed by atoms with Crippen molar-refractivity contribution >= 4 is 17.4 Å². The van der Waals surface area contributed by atoms with Crippen LogP contribution in [0.2, 0.25) is 5.02 Å². The van der Waals surface area contributed by atoms with Crippen molar-refractivity contribution in [3.63, 3.8) is 0 Å². The van der Waals surface area contributed by atoms with E-state index < -0.39 is 0 Å². The second-order valence-corrected chi connectivity index (χ2v) is 4.15. The van der Waals surface area contributed by atoms with Crippen LogP contribution >= 0.6 is 11.6 Å². The number of aromatic nitrogens is 3. The van der Waals surface area contributed by atoms with E-state index in [4.69, 9.17) is 11.6 Å². The van der Waals surface area contributed by atoms with Crippen molar-refractivity contribution in [1.29, 1.82) is 0 Å². The number of hydrogen-bond acceptors (Lipinski definition) is 4. The molecule has 0 aliphatic heterocycles. The minimum Gasteiger partial charge on any atom is -0.373 e. The molecule has 0 radical (unpaired) electrons. The predicted molar refractivity (Wildman–Crippen MR) is 69.3 cm³/mol. The van der Waals surface area contributed by atoms with E-state index in [1.807, 2.05) is 27.0 Å². The Labute approximate surface area is 105 Å². The standard InChI is InChI=1S/C12H13ClN4/c1-7-8(2)16-12(17-11(7)14-3)10-5-4-9(13)6-15-10/h4-6H,1-3H3,(H,14,16,17). The maximum atomic E-state index is 5.80. The molecule has 17 heavy (non-hydrogen) atoms. The summed E-state index contributed by atoms with van der Waals surface area (Å²) in [6.07, 6.45) is 1.59. The number of anilines is 1. The van der Waals surface area contributed by atoms with Crippen LogP contribution in [0.1, 0.15) is 11.3 Å². The molecule has 0 aromatic carbocycles. The van der Waals surface area contributed by atoms with Gasteiger partial charge in [-0.3, -0.25) is 4.98 Å². The molecule has 1 N–H and O–H groups in total. The second kappa shape index (κ2) is 4.67. The summed E-state index contributed by atoms with van der Waals surface area (Å²) in [6, 6.07) is 3.59. The van der Waals surface area contributed by atoms with Crippen LogP contribution in [0.3, 0.4) is 0 Å². The van der Waals surface area contributed by atoms with Crippen molar-refractivity contribution in [2.45, 2.75) is 13.8 Å². The molecule has 5 heteroatoms. The molecule has 0 aliphatic carbocycles. The van der Waals surface area contributed by atoms with Crippen LogP contribution in [0, 0.1) is 13.8 Å². The number of hydrogen-bond donors (Lipinski definition) is 1. The molecule has 88 valence electrons. The molecule has 0 saturated heterocycles. The predicted octanol–water partition coefficient (Wildman–Crippen LogP) is 2.85. The number of nitrogens with zero attached hydrogens (tertiary/aromatic N) is 3. The smallest absolute Gasteiger partial charge is 0.180 e. The minimum absolute atomic E-state index is 0.603. The summed E-state index contributed by atoms with van der Waals surface area (Å²) in [6.45, 7) is 3.94. The number of nitrogens with one attached hydrogen (secondary N) is 1.